The van der Waals surface area contributed by atoms with E-state index in [9.17, 15) is 9.59 Å². The fourth-order valence-electron chi connectivity index (χ4n) is 5.26. The Kier molecular flexibility index (Phi) is 8.79. The van der Waals surface area contributed by atoms with E-state index < -0.39 is 0 Å². The average Bonchev–Trinajstić information content (AvgIpc) is 3.68. The molecule has 1 unspecified atom stereocenters. The number of carbonyl (C=O) groups is 2. The summed E-state index contributed by atoms with van der Waals surface area (Å²) in [7, 11) is 3.88. The Balaban J connectivity index is 1.08. The minimum Gasteiger partial charge on any atom is -0.350 e. The quantitative estimate of drug-likeness (QED) is 0.198. The Morgan fingerprint density at radius 2 is 1.71 bits per heavy atom. The summed E-state index contributed by atoms with van der Waals surface area (Å²) in [5.41, 5.74) is 5.82. The van der Waals surface area contributed by atoms with Gasteiger partial charge in [0.05, 0.1) is 16.8 Å². The average molecular weight is 602 g/mol. The first-order chi connectivity index (χ1) is 21.9. The molecule has 1 fully saturated rings. The van der Waals surface area contributed by atoms with Gasteiger partial charge in [-0.15, -0.1) is 0 Å². The lowest BCUT2D eigenvalue weighted by Crippen LogP contribution is -2.35. The van der Waals surface area contributed by atoms with E-state index in [0.29, 0.717) is 37.0 Å². The largest absolute Gasteiger partial charge is 0.350 e. The predicted octanol–water partition coefficient (Wildman–Crippen LogP) is 5.23. The molecule has 3 N–H and O–H groups in total. The Labute approximate surface area is 261 Å². The molecule has 1 saturated heterocycles. The van der Waals surface area contributed by atoms with Gasteiger partial charge >= 0.3 is 6.03 Å². The van der Waals surface area contributed by atoms with Crippen molar-refractivity contribution in [2.45, 2.75) is 12.5 Å². The van der Waals surface area contributed by atoms with Crippen LogP contribution in [0.5, 0.6) is 0 Å². The highest BCUT2D eigenvalue weighted by Gasteiger charge is 2.27. The molecule has 1 aliphatic heterocycles. The molecule has 3 aromatic heterocycles. The highest BCUT2D eigenvalue weighted by Crippen LogP contribution is 2.34. The van der Waals surface area contributed by atoms with Gasteiger partial charge in [-0.3, -0.25) is 4.79 Å². The zero-order valence-corrected chi connectivity index (χ0v) is 25.2. The zero-order chi connectivity index (χ0) is 31.2. The Morgan fingerprint density at radius 1 is 0.956 bits per heavy atom. The molecule has 6 rings (SSSR count). The van der Waals surface area contributed by atoms with Crippen molar-refractivity contribution >= 4 is 34.8 Å². The van der Waals surface area contributed by atoms with Crippen LogP contribution in [0, 0.1) is 0 Å². The zero-order valence-electron chi connectivity index (χ0n) is 25.2. The summed E-state index contributed by atoms with van der Waals surface area (Å²) in [4.78, 5) is 38.2. The van der Waals surface area contributed by atoms with E-state index in [2.05, 4.69) is 20.9 Å². The number of rotatable bonds is 9. The first kappa shape index (κ1) is 29.5. The molecule has 0 radical (unpaired) electrons. The van der Waals surface area contributed by atoms with E-state index in [1.165, 1.54) is 6.08 Å². The Morgan fingerprint density at radius 3 is 2.49 bits per heavy atom. The number of amides is 3. The number of nitrogens with zero attached hydrogens (tertiary/aromatic N) is 6. The second-order valence-electron chi connectivity index (χ2n) is 11.1. The second-order valence-corrected chi connectivity index (χ2v) is 11.1. The molecule has 2 aromatic carbocycles. The number of carbonyl (C=O) groups excluding carboxylic acids is 2. The normalized spacial score (nSPS) is 14.7. The highest BCUT2D eigenvalue weighted by atomic mass is 16.2. The first-order valence-electron chi connectivity index (χ1n) is 14.8. The van der Waals surface area contributed by atoms with Crippen LogP contribution in [-0.4, -0.2) is 81.1 Å². The Hall–Kier alpha value is -5.55. The van der Waals surface area contributed by atoms with Gasteiger partial charge in [0.1, 0.15) is 5.69 Å². The molecule has 1 atom stereocenters. The molecule has 0 spiro atoms. The lowest BCUT2D eigenvalue weighted by atomic mass is 10.0. The van der Waals surface area contributed by atoms with Crippen LogP contribution in [0.1, 0.15) is 6.42 Å². The third-order valence-electron chi connectivity index (χ3n) is 7.45. The summed E-state index contributed by atoms with van der Waals surface area (Å²) in [5, 5.41) is 14.0. The molecule has 5 aromatic rings. The van der Waals surface area contributed by atoms with Crippen molar-refractivity contribution < 1.29 is 9.59 Å². The number of aromatic nitrogens is 4. The standard InChI is InChI=1S/C34H35N9O2/c1-41(2)20-8-12-30(44)36-25-13-15-26(16-14-25)38-34(45)42-22-18-27(23-42)37-33-35-19-17-28(39-33)31-29-11-6-7-21-43(29)40-32(31)24-9-4-3-5-10-24/h3-17,19,21,27H,18,20,22-23H2,1-2H3,(H,36,44)(H,38,45)(H,35,37,39)/b12-8+. The SMILES string of the molecule is CN(C)C/C=C/C(=O)Nc1ccc(NC(=O)N2CCC(Nc3nccc(-c4c(-c5ccccc5)nn5ccccc45)n3)C2)cc1. The van der Waals surface area contributed by atoms with Gasteiger partial charge in [-0.25, -0.2) is 19.3 Å². The van der Waals surface area contributed by atoms with Crippen molar-refractivity contribution in [3.05, 3.63) is 103 Å². The third-order valence-corrected chi connectivity index (χ3v) is 7.45. The molecule has 45 heavy (non-hydrogen) atoms. The molecule has 3 amide bonds. The van der Waals surface area contributed by atoms with Gasteiger partial charge in [0.25, 0.3) is 0 Å². The molecule has 11 heteroatoms. The van der Waals surface area contributed by atoms with Crippen LogP contribution >= 0.6 is 0 Å². The number of pyridine rings is 1. The number of likely N-dealkylation sites (tertiary alicyclic amines) is 1. The summed E-state index contributed by atoms with van der Waals surface area (Å²) < 4.78 is 1.87. The summed E-state index contributed by atoms with van der Waals surface area (Å²) in [6.07, 6.45) is 7.75. The number of hydrogen-bond donors (Lipinski definition) is 3. The van der Waals surface area contributed by atoms with Crippen molar-refractivity contribution in [3.8, 4) is 22.5 Å². The van der Waals surface area contributed by atoms with Crippen LogP contribution in [0.15, 0.2) is 103 Å². The minimum absolute atomic E-state index is 0.00152. The monoisotopic (exact) mass is 601 g/mol. The van der Waals surface area contributed by atoms with Gasteiger partial charge in [0, 0.05) is 61.1 Å². The van der Waals surface area contributed by atoms with Crippen molar-refractivity contribution in [3.63, 3.8) is 0 Å². The molecule has 0 aliphatic carbocycles. The smallest absolute Gasteiger partial charge is 0.321 e. The number of anilines is 3. The van der Waals surface area contributed by atoms with Crippen LogP contribution in [0.3, 0.4) is 0 Å². The molecule has 0 saturated carbocycles. The molecule has 4 heterocycles. The van der Waals surface area contributed by atoms with Gasteiger partial charge < -0.3 is 25.8 Å². The maximum Gasteiger partial charge on any atom is 0.321 e. The van der Waals surface area contributed by atoms with E-state index in [0.717, 1.165) is 34.5 Å². The van der Waals surface area contributed by atoms with Crippen molar-refractivity contribution in [2.75, 3.05) is 49.7 Å². The van der Waals surface area contributed by atoms with Crippen LogP contribution < -0.4 is 16.0 Å². The number of fused-ring (bicyclic) bond motifs is 1. The molecular weight excluding hydrogens is 566 g/mol. The molecule has 228 valence electrons. The lowest BCUT2D eigenvalue weighted by Gasteiger charge is -2.18. The topological polar surface area (TPSA) is 120 Å². The predicted molar refractivity (Wildman–Crippen MR) is 177 cm³/mol. The van der Waals surface area contributed by atoms with Gasteiger partial charge in [-0.2, -0.15) is 5.10 Å². The van der Waals surface area contributed by atoms with Crippen molar-refractivity contribution in [2.24, 2.45) is 0 Å². The van der Waals surface area contributed by atoms with E-state index in [1.54, 1.807) is 41.4 Å². The molecule has 0 bridgehead atoms. The van der Waals surface area contributed by atoms with Crippen LogP contribution in [0.25, 0.3) is 28.0 Å². The first-order valence-corrected chi connectivity index (χ1v) is 14.8. The van der Waals surface area contributed by atoms with Gasteiger partial charge in [-0.05, 0) is 63.0 Å². The number of nitrogens with one attached hydrogen (secondary N) is 3. The number of benzene rings is 2. The highest BCUT2D eigenvalue weighted by molar-refractivity contribution is 5.99. The van der Waals surface area contributed by atoms with E-state index >= 15 is 0 Å². The third kappa shape index (κ3) is 7.16. The molecule has 1 aliphatic rings. The van der Waals surface area contributed by atoms with Crippen molar-refractivity contribution in [1.29, 1.82) is 0 Å². The maximum absolute atomic E-state index is 13.0. The number of hydrogen-bond acceptors (Lipinski definition) is 7. The van der Waals surface area contributed by atoms with E-state index in [-0.39, 0.29) is 18.0 Å². The molecular formula is C34H35N9O2. The lowest BCUT2D eigenvalue weighted by molar-refractivity contribution is -0.111. The number of urea groups is 1. The maximum atomic E-state index is 13.0. The van der Waals surface area contributed by atoms with Crippen molar-refractivity contribution in [1.82, 2.24) is 29.4 Å². The fourth-order valence-corrected chi connectivity index (χ4v) is 5.26. The summed E-state index contributed by atoms with van der Waals surface area (Å²) in [6, 6.07) is 24.8. The fraction of sp³-hybridized carbons (Fsp3) is 0.206. The number of likely N-dealkylation sites (N-methyl/N-ethyl adjacent to an activating group) is 1. The van der Waals surface area contributed by atoms with Gasteiger partial charge in [0.15, 0.2) is 0 Å². The summed E-state index contributed by atoms with van der Waals surface area (Å²) >= 11 is 0. The van der Waals surface area contributed by atoms with Gasteiger partial charge in [-0.1, -0.05) is 42.5 Å². The summed E-state index contributed by atoms with van der Waals surface area (Å²) in [6.45, 7) is 1.80. The van der Waals surface area contributed by atoms with Gasteiger partial charge in [0.2, 0.25) is 11.9 Å². The van der Waals surface area contributed by atoms with Crippen LogP contribution in [-0.2, 0) is 4.79 Å². The minimum atomic E-state index is -0.200. The summed E-state index contributed by atoms with van der Waals surface area (Å²) in [5.74, 6) is 0.303. The van der Waals surface area contributed by atoms with Crippen LogP contribution in [0.2, 0.25) is 0 Å². The second kappa shape index (κ2) is 13.4. The molecule has 11 nitrogen and oxygen atoms in total. The van der Waals surface area contributed by atoms with E-state index in [4.69, 9.17) is 10.1 Å². The van der Waals surface area contributed by atoms with E-state index in [1.807, 2.05) is 84.3 Å². The Bertz CT molecular complexity index is 1820. The van der Waals surface area contributed by atoms with Crippen LogP contribution in [0.4, 0.5) is 22.1 Å².